The molecule has 1 aromatic carbocycles. The normalized spacial score (nSPS) is 23.2. The van der Waals surface area contributed by atoms with Crippen molar-refractivity contribution in [2.45, 2.75) is 54.7 Å². The molecule has 8 heteroatoms. The van der Waals surface area contributed by atoms with Crippen LogP contribution in [0.25, 0.3) is 11.5 Å². The molecule has 1 aliphatic heterocycles. The Morgan fingerprint density at radius 2 is 1.94 bits per heavy atom. The van der Waals surface area contributed by atoms with Gasteiger partial charge >= 0.3 is 0 Å². The summed E-state index contributed by atoms with van der Waals surface area (Å²) < 4.78 is 2.90. The van der Waals surface area contributed by atoms with E-state index in [1.54, 1.807) is 6.20 Å². The Morgan fingerprint density at radius 3 is 2.66 bits per heavy atom. The molecule has 7 nitrogen and oxygen atoms in total. The third kappa shape index (κ3) is 3.83. The highest BCUT2D eigenvalue weighted by atomic mass is 127. The minimum atomic E-state index is 0.00330. The van der Waals surface area contributed by atoms with Gasteiger partial charge in [0.25, 0.3) is 0 Å². The quantitative estimate of drug-likeness (QED) is 0.394. The Balaban J connectivity index is 1.32. The molecule has 0 atom stereocenters. The van der Waals surface area contributed by atoms with Crippen molar-refractivity contribution in [3.05, 3.63) is 65.6 Å². The third-order valence-electron chi connectivity index (χ3n) is 7.08. The van der Waals surface area contributed by atoms with Gasteiger partial charge in [-0.05, 0) is 48.9 Å². The molecule has 0 bridgehead atoms. The van der Waals surface area contributed by atoms with Crippen LogP contribution in [-0.4, -0.2) is 43.1 Å². The summed E-state index contributed by atoms with van der Waals surface area (Å²) in [6.45, 7) is 1.41. The van der Waals surface area contributed by atoms with E-state index < -0.39 is 0 Å². The van der Waals surface area contributed by atoms with Crippen LogP contribution in [0.15, 0.2) is 48.7 Å². The van der Waals surface area contributed by atoms with Gasteiger partial charge < -0.3 is 10.6 Å². The lowest BCUT2D eigenvalue weighted by Gasteiger charge is -2.44. The number of nitrogens with zero attached hydrogens (tertiary/aromatic N) is 5. The molecule has 0 spiro atoms. The zero-order valence-corrected chi connectivity index (χ0v) is 20.1. The monoisotopic (exact) mass is 542 g/mol. The Labute approximate surface area is 201 Å². The van der Waals surface area contributed by atoms with Gasteiger partial charge in [0, 0.05) is 28.6 Å². The number of aromatic nitrogens is 4. The van der Waals surface area contributed by atoms with Gasteiger partial charge in [0.15, 0.2) is 11.6 Å². The summed E-state index contributed by atoms with van der Waals surface area (Å²) in [5.74, 6) is 1.62. The molecule has 0 saturated heterocycles. The maximum Gasteiger partial charge on any atom is 0.243 e. The summed E-state index contributed by atoms with van der Waals surface area (Å²) in [4.78, 5) is 19.5. The first-order valence-electron chi connectivity index (χ1n) is 11.1. The van der Waals surface area contributed by atoms with Crippen LogP contribution in [0.1, 0.15) is 42.6 Å². The van der Waals surface area contributed by atoms with E-state index >= 15 is 0 Å². The number of fused-ring (bicyclic) bond motifs is 1. The highest BCUT2D eigenvalue weighted by Gasteiger charge is 2.40. The molecule has 2 N–H and O–H groups in total. The van der Waals surface area contributed by atoms with Crippen LogP contribution in [0.2, 0.25) is 0 Å². The van der Waals surface area contributed by atoms with Crippen LogP contribution < -0.4 is 5.73 Å². The molecule has 3 aromatic rings. The molecule has 3 heterocycles. The summed E-state index contributed by atoms with van der Waals surface area (Å²) in [5, 5.41) is 8.71. The number of alkyl halides is 1. The minimum absolute atomic E-state index is 0.00330. The maximum absolute atomic E-state index is 13.1. The molecule has 2 aromatic heterocycles. The summed E-state index contributed by atoms with van der Waals surface area (Å²) in [7, 11) is 0. The fourth-order valence-corrected chi connectivity index (χ4v) is 5.64. The molecule has 2 aliphatic rings. The molecule has 1 amide bonds. The molecule has 0 unspecified atom stereocenters. The number of rotatable bonds is 5. The molecule has 0 radical (unpaired) electrons. The summed E-state index contributed by atoms with van der Waals surface area (Å²) >= 11 is 2.41. The van der Waals surface area contributed by atoms with E-state index in [1.165, 1.54) is 11.1 Å². The van der Waals surface area contributed by atoms with Gasteiger partial charge in [-0.25, -0.2) is 0 Å². The fourth-order valence-electron chi connectivity index (χ4n) is 5.16. The van der Waals surface area contributed by atoms with Gasteiger partial charge in [-0.3, -0.25) is 14.3 Å². The van der Waals surface area contributed by atoms with Crippen molar-refractivity contribution in [2.75, 3.05) is 6.54 Å². The SMILES string of the molecule is NCC1(c2cccc(CI)c2)CCC(N2Cc3nnc(-c4ccccn4)n3CC2=O)CC1. The van der Waals surface area contributed by atoms with Crippen molar-refractivity contribution < 1.29 is 4.79 Å². The lowest BCUT2D eigenvalue weighted by Crippen LogP contribution is -2.50. The predicted molar refractivity (Wildman–Crippen MR) is 131 cm³/mol. The zero-order chi connectivity index (χ0) is 22.1. The summed E-state index contributed by atoms with van der Waals surface area (Å²) in [6, 6.07) is 14.8. The average molecular weight is 542 g/mol. The van der Waals surface area contributed by atoms with Gasteiger partial charge in [-0.2, -0.15) is 0 Å². The van der Waals surface area contributed by atoms with Gasteiger partial charge in [-0.1, -0.05) is 52.9 Å². The van der Waals surface area contributed by atoms with Crippen LogP contribution in [0, 0.1) is 0 Å². The number of benzene rings is 1. The highest BCUT2D eigenvalue weighted by molar-refractivity contribution is 14.1. The van der Waals surface area contributed by atoms with Gasteiger partial charge in [0.1, 0.15) is 12.2 Å². The van der Waals surface area contributed by atoms with Crippen LogP contribution in [0.3, 0.4) is 0 Å². The number of pyridine rings is 1. The number of hydrogen-bond donors (Lipinski definition) is 1. The van der Waals surface area contributed by atoms with Crippen molar-refractivity contribution in [3.63, 3.8) is 0 Å². The number of amides is 1. The first-order valence-corrected chi connectivity index (χ1v) is 12.6. The number of carbonyl (C=O) groups excluding carboxylic acids is 1. The Hall–Kier alpha value is -2.33. The van der Waals surface area contributed by atoms with E-state index in [2.05, 4.69) is 62.0 Å². The van der Waals surface area contributed by atoms with Crippen LogP contribution in [-0.2, 0) is 27.7 Å². The Bertz CT molecular complexity index is 1110. The average Bonchev–Trinajstić information content (AvgIpc) is 3.27. The Morgan fingerprint density at radius 1 is 1.09 bits per heavy atom. The van der Waals surface area contributed by atoms with Crippen molar-refractivity contribution >= 4 is 28.5 Å². The predicted octanol–water partition coefficient (Wildman–Crippen LogP) is 3.46. The van der Waals surface area contributed by atoms with E-state index in [1.807, 2.05) is 27.7 Å². The third-order valence-corrected chi connectivity index (χ3v) is 7.97. The second kappa shape index (κ2) is 8.90. The molecule has 1 aliphatic carbocycles. The van der Waals surface area contributed by atoms with E-state index in [-0.39, 0.29) is 23.9 Å². The summed E-state index contributed by atoms with van der Waals surface area (Å²) in [6.07, 6.45) is 5.63. The maximum atomic E-state index is 13.1. The zero-order valence-electron chi connectivity index (χ0n) is 18.0. The topological polar surface area (TPSA) is 89.9 Å². The van der Waals surface area contributed by atoms with Crippen molar-refractivity contribution in [1.82, 2.24) is 24.6 Å². The minimum Gasteiger partial charge on any atom is -0.331 e. The largest absolute Gasteiger partial charge is 0.331 e. The van der Waals surface area contributed by atoms with Crippen molar-refractivity contribution in [3.8, 4) is 11.5 Å². The van der Waals surface area contributed by atoms with Crippen LogP contribution >= 0.6 is 22.6 Å². The number of hydrogen-bond acceptors (Lipinski definition) is 5. The molecule has 5 rings (SSSR count). The van der Waals surface area contributed by atoms with E-state index in [0.29, 0.717) is 18.9 Å². The number of halogens is 1. The first kappa shape index (κ1) is 21.5. The molecule has 166 valence electrons. The highest BCUT2D eigenvalue weighted by Crippen LogP contribution is 2.41. The number of carbonyl (C=O) groups is 1. The van der Waals surface area contributed by atoms with Crippen LogP contribution in [0.5, 0.6) is 0 Å². The lowest BCUT2D eigenvalue weighted by molar-refractivity contribution is -0.137. The molecule has 32 heavy (non-hydrogen) atoms. The van der Waals surface area contributed by atoms with Gasteiger partial charge in [-0.15, -0.1) is 10.2 Å². The van der Waals surface area contributed by atoms with Crippen molar-refractivity contribution in [2.24, 2.45) is 5.73 Å². The van der Waals surface area contributed by atoms with E-state index in [4.69, 9.17) is 5.73 Å². The summed E-state index contributed by atoms with van der Waals surface area (Å²) in [5.41, 5.74) is 9.75. The molecular weight excluding hydrogens is 515 g/mol. The fraction of sp³-hybridized carbons (Fsp3) is 0.417. The van der Waals surface area contributed by atoms with E-state index in [0.717, 1.165) is 41.6 Å². The van der Waals surface area contributed by atoms with Gasteiger partial charge in [0.2, 0.25) is 5.91 Å². The van der Waals surface area contributed by atoms with Crippen LogP contribution in [0.4, 0.5) is 0 Å². The van der Waals surface area contributed by atoms with Gasteiger partial charge in [0.05, 0.1) is 6.54 Å². The second-order valence-corrected chi connectivity index (χ2v) is 9.58. The molecular formula is C24H27IN6O. The van der Waals surface area contributed by atoms with Crippen molar-refractivity contribution in [1.29, 1.82) is 0 Å². The number of nitrogens with two attached hydrogens (primary N) is 1. The smallest absolute Gasteiger partial charge is 0.243 e. The van der Waals surface area contributed by atoms with E-state index in [9.17, 15) is 4.79 Å². The first-order chi connectivity index (χ1) is 15.6. The lowest BCUT2D eigenvalue weighted by atomic mass is 9.67. The standard InChI is InChI=1S/C24H27IN6O/c25-13-17-4-3-5-18(12-17)24(16-26)9-7-19(8-10-24)30-14-21-28-29-23(31(21)15-22(30)32)20-6-1-2-11-27-20/h1-6,11-12,19H,7-10,13-16,26H2. The second-order valence-electron chi connectivity index (χ2n) is 8.81. The molecule has 1 saturated carbocycles. The molecule has 1 fully saturated rings. The Kier molecular flexibility index (Phi) is 5.98.